The maximum atomic E-state index is 13.2. The first kappa shape index (κ1) is 22.3. The molecular weight excluding hydrogens is 473 g/mol. The van der Waals surface area contributed by atoms with Crippen molar-refractivity contribution in [1.82, 2.24) is 29.8 Å². The van der Waals surface area contributed by atoms with Crippen LogP contribution in [-0.4, -0.2) is 35.9 Å². The van der Waals surface area contributed by atoms with Crippen LogP contribution in [0.25, 0.3) is 27.6 Å². The molecule has 0 aliphatic heterocycles. The number of fused-ring (bicyclic) bond motifs is 3. The van der Waals surface area contributed by atoms with Crippen LogP contribution in [0.2, 0.25) is 0 Å². The van der Waals surface area contributed by atoms with Crippen LogP contribution in [0.1, 0.15) is 40.5 Å². The lowest BCUT2D eigenvalue weighted by Crippen LogP contribution is -2.38. The monoisotopic (exact) mass is 494 g/mol. The van der Waals surface area contributed by atoms with E-state index >= 15 is 0 Å². The van der Waals surface area contributed by atoms with Crippen molar-refractivity contribution < 1.29 is 22.5 Å². The van der Waals surface area contributed by atoms with E-state index in [0.29, 0.717) is 35.0 Å². The summed E-state index contributed by atoms with van der Waals surface area (Å²) in [7, 11) is 1.77. The van der Waals surface area contributed by atoms with Gasteiger partial charge in [-0.1, -0.05) is 5.16 Å². The summed E-state index contributed by atoms with van der Waals surface area (Å²) in [5.41, 5.74) is 1.24. The maximum absolute atomic E-state index is 13.2. The number of aromatic nitrogens is 5. The number of amides is 1. The fourth-order valence-electron chi connectivity index (χ4n) is 4.61. The van der Waals surface area contributed by atoms with Crippen LogP contribution in [0.3, 0.4) is 0 Å². The summed E-state index contributed by atoms with van der Waals surface area (Å²) in [4.78, 5) is 17.4. The number of nitrogens with one attached hydrogen (secondary N) is 1. The van der Waals surface area contributed by atoms with Gasteiger partial charge in [0.2, 0.25) is 5.89 Å². The summed E-state index contributed by atoms with van der Waals surface area (Å²) < 4.78 is 47.9. The molecule has 6 rings (SSSR count). The lowest BCUT2D eigenvalue weighted by Gasteiger charge is -2.15. The second-order valence-electron chi connectivity index (χ2n) is 9.30. The Morgan fingerprint density at radius 2 is 1.89 bits per heavy atom. The molecule has 2 aromatic carbocycles. The predicted octanol–water partition coefficient (Wildman–Crippen LogP) is 4.73. The molecule has 1 saturated carbocycles. The summed E-state index contributed by atoms with van der Waals surface area (Å²) in [6.45, 7) is 1.75. The largest absolute Gasteiger partial charge is 0.416 e. The molecule has 1 aliphatic carbocycles. The second-order valence-corrected chi connectivity index (χ2v) is 9.30. The van der Waals surface area contributed by atoms with Gasteiger partial charge in [-0.25, -0.2) is 0 Å². The van der Waals surface area contributed by atoms with Crippen LogP contribution >= 0.6 is 0 Å². The Bertz CT molecular complexity index is 1620. The van der Waals surface area contributed by atoms with Crippen molar-refractivity contribution in [3.63, 3.8) is 0 Å². The van der Waals surface area contributed by atoms with Crippen molar-refractivity contribution in [1.29, 1.82) is 0 Å². The van der Waals surface area contributed by atoms with Gasteiger partial charge < -0.3 is 9.84 Å². The Morgan fingerprint density at radius 1 is 1.14 bits per heavy atom. The van der Waals surface area contributed by atoms with Crippen LogP contribution in [0.4, 0.5) is 13.2 Å². The molecule has 3 aromatic heterocycles. The molecule has 0 bridgehead atoms. The minimum Gasteiger partial charge on any atom is -0.346 e. The molecule has 5 aromatic rings. The average Bonchev–Trinajstić information content (AvgIpc) is 3.13. The number of carbonyl (C=O) groups excluding carboxylic acids is 1. The van der Waals surface area contributed by atoms with Crippen molar-refractivity contribution >= 4 is 27.8 Å². The standard InChI is InChI=1S/C25H21F3N6O2/c1-14-29-21(36-32-14)12-24(9-10-24)30-23(35)15-3-8-20-18(11-15)19-13-33(2)31-22(19)34(20)17-6-4-16(5-7-17)25(26,27)28/h3-8,11,13H,9-10,12H2,1-2H3,(H,30,35). The normalized spacial score (nSPS) is 15.0. The van der Waals surface area contributed by atoms with Crippen LogP contribution in [0.15, 0.2) is 53.2 Å². The van der Waals surface area contributed by atoms with Gasteiger partial charge in [-0.05, 0) is 62.2 Å². The molecule has 1 aliphatic rings. The Labute approximate surface area is 202 Å². The molecule has 11 heteroatoms. The summed E-state index contributed by atoms with van der Waals surface area (Å²) in [5, 5.41) is 13.0. The Hall–Kier alpha value is -4.15. The van der Waals surface area contributed by atoms with E-state index in [1.165, 1.54) is 12.1 Å². The van der Waals surface area contributed by atoms with Crippen LogP contribution in [-0.2, 0) is 19.6 Å². The number of aryl methyl sites for hydroxylation is 2. The number of carbonyl (C=O) groups is 1. The molecule has 184 valence electrons. The van der Waals surface area contributed by atoms with E-state index in [1.54, 1.807) is 41.4 Å². The highest BCUT2D eigenvalue weighted by Crippen LogP contribution is 2.39. The highest BCUT2D eigenvalue weighted by molar-refractivity contribution is 6.10. The molecule has 8 nitrogen and oxygen atoms in total. The van der Waals surface area contributed by atoms with Gasteiger partial charge in [0.1, 0.15) is 0 Å². The SMILES string of the molecule is Cc1noc(CC2(NC(=O)c3ccc4c(c3)c3cn(C)nc3n4-c3ccc(C(F)(F)F)cc3)CC2)n1. The first-order chi connectivity index (χ1) is 17.1. The van der Waals surface area contributed by atoms with Gasteiger partial charge in [0.15, 0.2) is 11.5 Å². The third-order valence-electron chi connectivity index (χ3n) is 6.56. The Kier molecular flexibility index (Phi) is 4.76. The van der Waals surface area contributed by atoms with Crippen molar-refractivity contribution in [2.24, 2.45) is 7.05 Å². The number of benzene rings is 2. The van der Waals surface area contributed by atoms with E-state index in [0.717, 1.165) is 41.3 Å². The number of hydrogen-bond acceptors (Lipinski definition) is 5. The zero-order valence-corrected chi connectivity index (χ0v) is 19.4. The first-order valence-corrected chi connectivity index (χ1v) is 11.4. The van der Waals surface area contributed by atoms with E-state index in [9.17, 15) is 18.0 Å². The summed E-state index contributed by atoms with van der Waals surface area (Å²) in [6.07, 6.45) is -0.473. The lowest BCUT2D eigenvalue weighted by atomic mass is 10.1. The fourth-order valence-corrected chi connectivity index (χ4v) is 4.61. The van der Waals surface area contributed by atoms with Crippen molar-refractivity contribution in [3.05, 3.63) is 71.5 Å². The van der Waals surface area contributed by atoms with E-state index < -0.39 is 17.3 Å². The van der Waals surface area contributed by atoms with E-state index in [2.05, 4.69) is 20.6 Å². The number of rotatable bonds is 5. The average molecular weight is 494 g/mol. The van der Waals surface area contributed by atoms with Crippen LogP contribution in [0, 0.1) is 6.92 Å². The summed E-state index contributed by atoms with van der Waals surface area (Å²) in [6, 6.07) is 10.3. The van der Waals surface area contributed by atoms with E-state index in [-0.39, 0.29) is 5.91 Å². The zero-order chi connectivity index (χ0) is 25.2. The molecule has 0 atom stereocenters. The highest BCUT2D eigenvalue weighted by atomic mass is 19.4. The van der Waals surface area contributed by atoms with Crippen molar-refractivity contribution in [2.75, 3.05) is 0 Å². The van der Waals surface area contributed by atoms with E-state index in [4.69, 9.17) is 4.52 Å². The molecule has 36 heavy (non-hydrogen) atoms. The van der Waals surface area contributed by atoms with Gasteiger partial charge in [0, 0.05) is 40.8 Å². The van der Waals surface area contributed by atoms with Gasteiger partial charge in [-0.3, -0.25) is 14.0 Å². The number of nitrogens with zero attached hydrogens (tertiary/aromatic N) is 5. The van der Waals surface area contributed by atoms with Crippen LogP contribution in [0.5, 0.6) is 0 Å². The Morgan fingerprint density at radius 3 is 2.53 bits per heavy atom. The number of hydrogen-bond donors (Lipinski definition) is 1. The molecule has 3 heterocycles. The Balaban J connectivity index is 1.36. The van der Waals surface area contributed by atoms with Gasteiger partial charge in [0.05, 0.1) is 17.5 Å². The molecule has 0 unspecified atom stereocenters. The number of halogens is 3. The lowest BCUT2D eigenvalue weighted by molar-refractivity contribution is -0.137. The molecule has 1 fully saturated rings. The molecule has 1 N–H and O–H groups in total. The minimum atomic E-state index is -4.42. The topological polar surface area (TPSA) is 90.8 Å². The van der Waals surface area contributed by atoms with E-state index in [1.807, 2.05) is 6.20 Å². The third-order valence-corrected chi connectivity index (χ3v) is 6.56. The molecular formula is C25H21F3N6O2. The second kappa shape index (κ2) is 7.67. The minimum absolute atomic E-state index is 0.218. The van der Waals surface area contributed by atoms with Gasteiger partial charge >= 0.3 is 6.18 Å². The fraction of sp³-hybridized carbons (Fsp3) is 0.280. The van der Waals surface area contributed by atoms with Crippen LogP contribution < -0.4 is 5.32 Å². The van der Waals surface area contributed by atoms with Gasteiger partial charge in [-0.15, -0.1) is 0 Å². The molecule has 0 radical (unpaired) electrons. The van der Waals surface area contributed by atoms with Crippen molar-refractivity contribution in [3.8, 4) is 5.69 Å². The summed E-state index contributed by atoms with van der Waals surface area (Å²) in [5.74, 6) is 0.826. The molecule has 0 spiro atoms. The van der Waals surface area contributed by atoms with Gasteiger partial charge in [0.25, 0.3) is 5.91 Å². The zero-order valence-electron chi connectivity index (χ0n) is 19.4. The highest BCUT2D eigenvalue weighted by Gasteiger charge is 2.45. The third kappa shape index (κ3) is 3.80. The van der Waals surface area contributed by atoms with Gasteiger partial charge in [-0.2, -0.15) is 23.3 Å². The van der Waals surface area contributed by atoms with Crippen molar-refractivity contribution in [2.45, 2.75) is 37.9 Å². The number of alkyl halides is 3. The molecule has 0 saturated heterocycles. The smallest absolute Gasteiger partial charge is 0.346 e. The first-order valence-electron chi connectivity index (χ1n) is 11.4. The predicted molar refractivity (Wildman–Crippen MR) is 125 cm³/mol. The quantitative estimate of drug-likeness (QED) is 0.381. The maximum Gasteiger partial charge on any atom is 0.416 e. The molecule has 1 amide bonds. The summed E-state index contributed by atoms with van der Waals surface area (Å²) >= 11 is 0.